The van der Waals surface area contributed by atoms with Gasteiger partial charge in [0.15, 0.2) is 5.96 Å². The predicted molar refractivity (Wildman–Crippen MR) is 72.1 cm³/mol. The summed E-state index contributed by atoms with van der Waals surface area (Å²) in [6, 6.07) is 0. The van der Waals surface area contributed by atoms with Crippen LogP contribution in [0.1, 0.15) is 47.0 Å². The lowest BCUT2D eigenvalue weighted by Gasteiger charge is -2.26. The van der Waals surface area contributed by atoms with Gasteiger partial charge < -0.3 is 15.8 Å². The molecule has 0 aromatic heterocycles. The molecule has 4 nitrogen and oxygen atoms in total. The molecule has 4 heteroatoms. The quantitative estimate of drug-likeness (QED) is 0.586. The molecule has 2 atom stereocenters. The highest BCUT2D eigenvalue weighted by atomic mass is 16.5. The van der Waals surface area contributed by atoms with E-state index in [9.17, 15) is 0 Å². The Morgan fingerprint density at radius 1 is 1.47 bits per heavy atom. The standard InChI is InChI=1S/C13H27N3O/c1-10-9-11(6-8-17-10)5-7-15-12(14)16-13(2,3)4/h10-11H,5-9H2,1-4H3,(H3,14,15,16). The molecule has 0 bridgehead atoms. The van der Waals surface area contributed by atoms with Crippen LogP contribution in [0.15, 0.2) is 4.99 Å². The van der Waals surface area contributed by atoms with Gasteiger partial charge in [0.25, 0.3) is 0 Å². The third kappa shape index (κ3) is 6.51. The Morgan fingerprint density at radius 3 is 2.76 bits per heavy atom. The molecular weight excluding hydrogens is 214 g/mol. The molecule has 1 fully saturated rings. The van der Waals surface area contributed by atoms with Gasteiger partial charge in [-0.3, -0.25) is 4.99 Å². The molecule has 0 radical (unpaired) electrons. The molecule has 0 spiro atoms. The number of ether oxygens (including phenoxy) is 1. The molecule has 0 aromatic carbocycles. The fraction of sp³-hybridized carbons (Fsp3) is 0.923. The smallest absolute Gasteiger partial charge is 0.188 e. The van der Waals surface area contributed by atoms with Gasteiger partial charge in [-0.05, 0) is 52.9 Å². The minimum Gasteiger partial charge on any atom is -0.378 e. The molecule has 0 aromatic rings. The minimum absolute atomic E-state index is 0.0131. The van der Waals surface area contributed by atoms with Crippen LogP contribution in [0, 0.1) is 5.92 Å². The monoisotopic (exact) mass is 241 g/mol. The van der Waals surface area contributed by atoms with E-state index in [4.69, 9.17) is 10.5 Å². The van der Waals surface area contributed by atoms with Crippen molar-refractivity contribution in [3.05, 3.63) is 0 Å². The van der Waals surface area contributed by atoms with Crippen LogP contribution in [0.2, 0.25) is 0 Å². The van der Waals surface area contributed by atoms with Crippen LogP contribution in [0.4, 0.5) is 0 Å². The Morgan fingerprint density at radius 2 is 2.18 bits per heavy atom. The Bertz CT molecular complexity index is 258. The Hall–Kier alpha value is -0.770. The number of hydrogen-bond acceptors (Lipinski definition) is 2. The number of nitrogens with one attached hydrogen (secondary N) is 1. The van der Waals surface area contributed by atoms with E-state index in [1.807, 2.05) is 0 Å². The second-order valence-electron chi connectivity index (χ2n) is 6.00. The van der Waals surface area contributed by atoms with Gasteiger partial charge in [0, 0.05) is 18.7 Å². The van der Waals surface area contributed by atoms with Gasteiger partial charge in [-0.25, -0.2) is 0 Å². The maximum atomic E-state index is 5.82. The maximum absolute atomic E-state index is 5.82. The SMILES string of the molecule is CC1CC(CCN=C(N)NC(C)(C)C)CCO1. The summed E-state index contributed by atoms with van der Waals surface area (Å²) in [7, 11) is 0. The largest absolute Gasteiger partial charge is 0.378 e. The lowest BCUT2D eigenvalue weighted by atomic mass is 9.93. The average molecular weight is 241 g/mol. The summed E-state index contributed by atoms with van der Waals surface area (Å²) >= 11 is 0. The molecule has 1 rings (SSSR count). The first-order valence-corrected chi connectivity index (χ1v) is 6.56. The number of guanidine groups is 1. The fourth-order valence-corrected chi connectivity index (χ4v) is 2.14. The van der Waals surface area contributed by atoms with Crippen molar-refractivity contribution in [3.8, 4) is 0 Å². The molecule has 0 amide bonds. The summed E-state index contributed by atoms with van der Waals surface area (Å²) in [5, 5.41) is 3.17. The molecule has 1 aliphatic heterocycles. The van der Waals surface area contributed by atoms with Crippen LogP contribution in [-0.4, -0.2) is 30.8 Å². The molecule has 0 aliphatic carbocycles. The summed E-state index contributed by atoms with van der Waals surface area (Å²) in [6.07, 6.45) is 3.83. The third-order valence-electron chi connectivity index (χ3n) is 2.92. The summed E-state index contributed by atoms with van der Waals surface area (Å²) in [5.74, 6) is 1.29. The van der Waals surface area contributed by atoms with Gasteiger partial charge in [0.2, 0.25) is 0 Å². The van der Waals surface area contributed by atoms with Crippen LogP contribution in [-0.2, 0) is 4.74 Å². The summed E-state index contributed by atoms with van der Waals surface area (Å²) < 4.78 is 5.53. The van der Waals surface area contributed by atoms with Crippen molar-refractivity contribution in [1.29, 1.82) is 0 Å². The fourth-order valence-electron chi connectivity index (χ4n) is 2.14. The first kappa shape index (κ1) is 14.3. The van der Waals surface area contributed by atoms with Gasteiger partial charge >= 0.3 is 0 Å². The molecule has 0 saturated carbocycles. The van der Waals surface area contributed by atoms with Gasteiger partial charge in [-0.2, -0.15) is 0 Å². The van der Waals surface area contributed by atoms with Gasteiger partial charge in [0.1, 0.15) is 0 Å². The Labute approximate surface area is 105 Å². The van der Waals surface area contributed by atoms with Gasteiger partial charge in [0.05, 0.1) is 6.10 Å². The van der Waals surface area contributed by atoms with Crippen molar-refractivity contribution in [1.82, 2.24) is 5.32 Å². The highest BCUT2D eigenvalue weighted by molar-refractivity contribution is 5.78. The van der Waals surface area contributed by atoms with E-state index >= 15 is 0 Å². The number of rotatable bonds is 3. The third-order valence-corrected chi connectivity index (χ3v) is 2.92. The van der Waals surface area contributed by atoms with E-state index in [1.165, 1.54) is 0 Å². The summed E-state index contributed by atoms with van der Waals surface area (Å²) in [6.45, 7) is 10.1. The van der Waals surface area contributed by atoms with E-state index in [0.29, 0.717) is 12.1 Å². The van der Waals surface area contributed by atoms with Crippen LogP contribution in [0.3, 0.4) is 0 Å². The van der Waals surface area contributed by atoms with Crippen molar-refractivity contribution in [2.45, 2.75) is 58.6 Å². The minimum atomic E-state index is -0.0131. The second-order valence-corrected chi connectivity index (χ2v) is 6.00. The first-order chi connectivity index (χ1) is 7.87. The normalized spacial score (nSPS) is 26.9. The summed E-state index contributed by atoms with van der Waals surface area (Å²) in [4.78, 5) is 4.37. The summed E-state index contributed by atoms with van der Waals surface area (Å²) in [5.41, 5.74) is 5.80. The van der Waals surface area contributed by atoms with Crippen molar-refractivity contribution < 1.29 is 4.74 Å². The predicted octanol–water partition coefficient (Wildman–Crippen LogP) is 1.89. The molecule has 100 valence electrons. The van der Waals surface area contributed by atoms with Crippen molar-refractivity contribution in [2.24, 2.45) is 16.6 Å². The van der Waals surface area contributed by atoms with E-state index in [1.54, 1.807) is 0 Å². The zero-order valence-corrected chi connectivity index (χ0v) is 11.6. The van der Waals surface area contributed by atoms with Crippen LogP contribution in [0.25, 0.3) is 0 Å². The Balaban J connectivity index is 2.24. The van der Waals surface area contributed by atoms with Crippen molar-refractivity contribution >= 4 is 5.96 Å². The van der Waals surface area contributed by atoms with Crippen molar-refractivity contribution in [3.63, 3.8) is 0 Å². The van der Waals surface area contributed by atoms with Gasteiger partial charge in [-0.1, -0.05) is 0 Å². The number of nitrogens with two attached hydrogens (primary N) is 1. The Kier molecular flexibility index (Phi) is 5.25. The van der Waals surface area contributed by atoms with E-state index in [0.717, 1.165) is 38.3 Å². The molecule has 1 aliphatic rings. The number of aliphatic imine (C=N–C) groups is 1. The molecular formula is C13H27N3O. The second kappa shape index (κ2) is 6.24. The average Bonchev–Trinajstić information content (AvgIpc) is 2.14. The number of nitrogens with zero attached hydrogens (tertiary/aromatic N) is 1. The zero-order valence-electron chi connectivity index (χ0n) is 11.6. The molecule has 2 unspecified atom stereocenters. The van der Waals surface area contributed by atoms with E-state index in [-0.39, 0.29) is 5.54 Å². The van der Waals surface area contributed by atoms with Crippen molar-refractivity contribution in [2.75, 3.05) is 13.2 Å². The highest BCUT2D eigenvalue weighted by Gasteiger charge is 2.18. The zero-order chi connectivity index (χ0) is 12.9. The maximum Gasteiger partial charge on any atom is 0.188 e. The van der Waals surface area contributed by atoms with Crippen LogP contribution in [0.5, 0.6) is 0 Å². The molecule has 1 heterocycles. The first-order valence-electron chi connectivity index (χ1n) is 6.56. The van der Waals surface area contributed by atoms with E-state index < -0.39 is 0 Å². The molecule has 3 N–H and O–H groups in total. The highest BCUT2D eigenvalue weighted by Crippen LogP contribution is 2.22. The van der Waals surface area contributed by atoms with Crippen LogP contribution < -0.4 is 11.1 Å². The lowest BCUT2D eigenvalue weighted by Crippen LogP contribution is -2.45. The van der Waals surface area contributed by atoms with E-state index in [2.05, 4.69) is 38.0 Å². The van der Waals surface area contributed by atoms with Gasteiger partial charge in [-0.15, -0.1) is 0 Å². The molecule has 1 saturated heterocycles. The topological polar surface area (TPSA) is 59.6 Å². The molecule has 17 heavy (non-hydrogen) atoms. The van der Waals surface area contributed by atoms with Crippen LogP contribution >= 0.6 is 0 Å². The lowest BCUT2D eigenvalue weighted by molar-refractivity contribution is 0.00148. The number of hydrogen-bond donors (Lipinski definition) is 2.